The predicted molar refractivity (Wildman–Crippen MR) is 163 cm³/mol. The fraction of sp³-hybridized carbons (Fsp3) is 0.257. The minimum atomic E-state index is -0.938. The second-order valence-corrected chi connectivity index (χ2v) is 11.6. The lowest BCUT2D eigenvalue weighted by atomic mass is 9.86. The number of fused-ring (bicyclic) bond motifs is 1. The smallest absolute Gasteiger partial charge is 0.336 e. The quantitative estimate of drug-likeness (QED) is 0.255. The summed E-state index contributed by atoms with van der Waals surface area (Å²) in [5.74, 6) is -0.386. The van der Waals surface area contributed by atoms with Crippen LogP contribution in [0.1, 0.15) is 71.1 Å². The first-order chi connectivity index (χ1) is 19.6. The highest BCUT2D eigenvalue weighted by molar-refractivity contribution is 5.96. The Morgan fingerprint density at radius 2 is 1.66 bits per heavy atom. The van der Waals surface area contributed by atoms with Gasteiger partial charge in [0.15, 0.2) is 0 Å². The first-order valence-electron chi connectivity index (χ1n) is 13.9. The number of nitrogens with zero attached hydrogens (tertiary/aromatic N) is 1. The summed E-state index contributed by atoms with van der Waals surface area (Å²) in [6.07, 6.45) is 0. The van der Waals surface area contributed by atoms with Crippen LogP contribution in [-0.2, 0) is 12.0 Å². The minimum absolute atomic E-state index is 0.0830. The molecule has 0 radical (unpaired) electrons. The Morgan fingerprint density at radius 1 is 0.951 bits per heavy atom. The van der Waals surface area contributed by atoms with Gasteiger partial charge in [-0.2, -0.15) is 0 Å². The Labute approximate surface area is 241 Å². The molecule has 1 atom stereocenters. The van der Waals surface area contributed by atoms with Crippen molar-refractivity contribution in [1.82, 2.24) is 5.32 Å². The SMILES string of the molecule is C[C@H](NC(=O)c1ccc2c(c1)OCCN2Cc1ccc(-c2ccccc2C(=O)O)cc1)c1ccc(C(C)(C)C)cc1. The van der Waals surface area contributed by atoms with Crippen LogP contribution in [0.15, 0.2) is 91.0 Å². The van der Waals surface area contributed by atoms with Crippen LogP contribution in [0, 0.1) is 0 Å². The van der Waals surface area contributed by atoms with Crippen LogP contribution < -0.4 is 15.0 Å². The molecule has 0 saturated carbocycles. The highest BCUT2D eigenvalue weighted by atomic mass is 16.5. The molecule has 0 aliphatic carbocycles. The molecule has 0 saturated heterocycles. The van der Waals surface area contributed by atoms with Gasteiger partial charge in [-0.15, -0.1) is 0 Å². The average molecular weight is 549 g/mol. The molecular formula is C35H36N2O4. The van der Waals surface area contributed by atoms with Gasteiger partial charge in [-0.05, 0) is 64.4 Å². The van der Waals surface area contributed by atoms with Gasteiger partial charge in [0.25, 0.3) is 5.91 Å². The van der Waals surface area contributed by atoms with Crippen molar-refractivity contribution >= 4 is 17.6 Å². The van der Waals surface area contributed by atoms with E-state index in [0.29, 0.717) is 30.0 Å². The van der Waals surface area contributed by atoms with Crippen molar-refractivity contribution in [3.8, 4) is 16.9 Å². The van der Waals surface area contributed by atoms with E-state index in [1.165, 1.54) is 5.56 Å². The lowest BCUT2D eigenvalue weighted by Crippen LogP contribution is -2.32. The van der Waals surface area contributed by atoms with E-state index < -0.39 is 5.97 Å². The molecule has 1 heterocycles. The van der Waals surface area contributed by atoms with E-state index in [1.807, 2.05) is 61.5 Å². The molecule has 210 valence electrons. The van der Waals surface area contributed by atoms with Crippen LogP contribution >= 0.6 is 0 Å². The van der Waals surface area contributed by atoms with Gasteiger partial charge in [0.05, 0.1) is 23.8 Å². The van der Waals surface area contributed by atoms with Gasteiger partial charge in [0.2, 0.25) is 0 Å². The molecule has 6 nitrogen and oxygen atoms in total. The summed E-state index contributed by atoms with van der Waals surface area (Å²) < 4.78 is 5.95. The number of carbonyl (C=O) groups is 2. The Morgan fingerprint density at radius 3 is 2.34 bits per heavy atom. The summed E-state index contributed by atoms with van der Waals surface area (Å²) in [5.41, 5.74) is 6.86. The van der Waals surface area contributed by atoms with E-state index in [2.05, 4.69) is 55.3 Å². The zero-order valence-electron chi connectivity index (χ0n) is 24.0. The van der Waals surface area contributed by atoms with Gasteiger partial charge in [0, 0.05) is 12.1 Å². The lowest BCUT2D eigenvalue weighted by Gasteiger charge is -2.31. The number of hydrogen-bond acceptors (Lipinski definition) is 4. The molecule has 6 heteroatoms. The monoisotopic (exact) mass is 548 g/mol. The summed E-state index contributed by atoms with van der Waals surface area (Å²) in [5, 5.41) is 12.6. The van der Waals surface area contributed by atoms with E-state index in [4.69, 9.17) is 4.74 Å². The van der Waals surface area contributed by atoms with Crippen LogP contribution in [0.5, 0.6) is 5.75 Å². The number of amides is 1. The maximum absolute atomic E-state index is 13.1. The fourth-order valence-electron chi connectivity index (χ4n) is 5.15. The second kappa shape index (κ2) is 11.5. The summed E-state index contributed by atoms with van der Waals surface area (Å²) >= 11 is 0. The third-order valence-electron chi connectivity index (χ3n) is 7.60. The molecule has 4 aromatic carbocycles. The molecule has 0 spiro atoms. The van der Waals surface area contributed by atoms with E-state index in [1.54, 1.807) is 12.1 Å². The number of aromatic carboxylic acids is 1. The number of carboxylic acids is 1. The number of benzene rings is 4. The van der Waals surface area contributed by atoms with Crippen molar-refractivity contribution in [3.05, 3.63) is 119 Å². The Balaban J connectivity index is 1.27. The summed E-state index contributed by atoms with van der Waals surface area (Å²) in [4.78, 5) is 27.0. The van der Waals surface area contributed by atoms with Crippen molar-refractivity contribution in [2.24, 2.45) is 0 Å². The summed E-state index contributed by atoms with van der Waals surface area (Å²) in [6.45, 7) is 10.5. The lowest BCUT2D eigenvalue weighted by molar-refractivity contribution is 0.0697. The molecule has 1 amide bonds. The molecule has 0 aromatic heterocycles. The van der Waals surface area contributed by atoms with Crippen LogP contribution in [0.3, 0.4) is 0 Å². The van der Waals surface area contributed by atoms with Crippen molar-refractivity contribution in [2.45, 2.75) is 45.7 Å². The number of rotatable bonds is 7. The number of anilines is 1. The second-order valence-electron chi connectivity index (χ2n) is 11.6. The minimum Gasteiger partial charge on any atom is -0.490 e. The maximum Gasteiger partial charge on any atom is 0.336 e. The molecule has 1 aliphatic heterocycles. The molecule has 0 bridgehead atoms. The van der Waals surface area contributed by atoms with E-state index in [0.717, 1.165) is 28.9 Å². The van der Waals surface area contributed by atoms with Gasteiger partial charge >= 0.3 is 5.97 Å². The topological polar surface area (TPSA) is 78.9 Å². The third kappa shape index (κ3) is 6.27. The number of ether oxygens (including phenoxy) is 1. The van der Waals surface area contributed by atoms with E-state index >= 15 is 0 Å². The Hall–Kier alpha value is -4.58. The molecular weight excluding hydrogens is 512 g/mol. The number of nitrogens with one attached hydrogen (secondary N) is 1. The molecule has 0 fully saturated rings. The Kier molecular flexibility index (Phi) is 7.84. The fourth-order valence-corrected chi connectivity index (χ4v) is 5.15. The molecule has 0 unspecified atom stereocenters. The Bertz CT molecular complexity index is 1550. The van der Waals surface area contributed by atoms with Crippen molar-refractivity contribution in [2.75, 3.05) is 18.1 Å². The van der Waals surface area contributed by atoms with Crippen molar-refractivity contribution in [1.29, 1.82) is 0 Å². The third-order valence-corrected chi connectivity index (χ3v) is 7.60. The molecule has 41 heavy (non-hydrogen) atoms. The van der Waals surface area contributed by atoms with Gasteiger partial charge in [-0.3, -0.25) is 4.79 Å². The number of carboxylic acid groups (broad SMARTS) is 1. The summed E-state index contributed by atoms with van der Waals surface area (Å²) in [6, 6.07) is 28.9. The first-order valence-corrected chi connectivity index (χ1v) is 13.9. The number of carbonyl (C=O) groups excluding carboxylic acids is 1. The van der Waals surface area contributed by atoms with Crippen LogP contribution in [0.2, 0.25) is 0 Å². The van der Waals surface area contributed by atoms with Gasteiger partial charge in [0.1, 0.15) is 12.4 Å². The van der Waals surface area contributed by atoms with Gasteiger partial charge in [-0.1, -0.05) is 87.5 Å². The maximum atomic E-state index is 13.1. The highest BCUT2D eigenvalue weighted by Gasteiger charge is 2.22. The molecule has 5 rings (SSSR count). The van der Waals surface area contributed by atoms with Gasteiger partial charge in [-0.25, -0.2) is 4.79 Å². The van der Waals surface area contributed by atoms with Crippen LogP contribution in [-0.4, -0.2) is 30.1 Å². The van der Waals surface area contributed by atoms with Crippen molar-refractivity contribution in [3.63, 3.8) is 0 Å². The van der Waals surface area contributed by atoms with Gasteiger partial charge < -0.3 is 20.1 Å². The highest BCUT2D eigenvalue weighted by Crippen LogP contribution is 2.34. The zero-order chi connectivity index (χ0) is 29.1. The molecule has 4 aromatic rings. The molecule has 1 aliphatic rings. The van der Waals surface area contributed by atoms with Crippen LogP contribution in [0.25, 0.3) is 11.1 Å². The zero-order valence-corrected chi connectivity index (χ0v) is 24.0. The first kappa shape index (κ1) is 28.0. The van der Waals surface area contributed by atoms with E-state index in [-0.39, 0.29) is 22.9 Å². The molecule has 2 N–H and O–H groups in total. The largest absolute Gasteiger partial charge is 0.490 e. The number of hydrogen-bond donors (Lipinski definition) is 2. The van der Waals surface area contributed by atoms with Crippen LogP contribution in [0.4, 0.5) is 5.69 Å². The van der Waals surface area contributed by atoms with Crippen molar-refractivity contribution < 1.29 is 19.4 Å². The standard InChI is InChI=1S/C35H36N2O4/c1-23(25-13-16-28(17-14-25)35(2,3)4)36-33(38)27-15-18-31-32(21-27)41-20-19-37(31)22-24-9-11-26(12-10-24)29-7-5-6-8-30(29)34(39)40/h5-18,21,23H,19-20,22H2,1-4H3,(H,36,38)(H,39,40)/t23-/m0/s1. The summed E-state index contributed by atoms with van der Waals surface area (Å²) in [7, 11) is 0. The van der Waals surface area contributed by atoms with E-state index in [9.17, 15) is 14.7 Å². The predicted octanol–water partition coefficient (Wildman–Crippen LogP) is 7.24. The average Bonchev–Trinajstić information content (AvgIpc) is 2.97. The normalized spacial score (nSPS) is 13.6.